The summed E-state index contributed by atoms with van der Waals surface area (Å²) < 4.78 is 0. The van der Waals surface area contributed by atoms with E-state index in [1.807, 2.05) is 24.3 Å². The molecule has 0 unspecified atom stereocenters. The van der Waals surface area contributed by atoms with Crippen molar-refractivity contribution < 1.29 is 4.79 Å². The summed E-state index contributed by atoms with van der Waals surface area (Å²) in [6.45, 7) is 0. The molecule has 1 atom stereocenters. The van der Waals surface area contributed by atoms with Crippen molar-refractivity contribution in [2.45, 2.75) is 37.6 Å². The van der Waals surface area contributed by atoms with Crippen molar-refractivity contribution in [3.05, 3.63) is 82.0 Å². The van der Waals surface area contributed by atoms with Gasteiger partial charge in [-0.05, 0) is 47.9 Å². The van der Waals surface area contributed by atoms with Gasteiger partial charge >= 0.3 is 0 Å². The molecule has 0 fully saturated rings. The third-order valence-corrected chi connectivity index (χ3v) is 5.38. The molecule has 0 spiro atoms. The Labute approximate surface area is 147 Å². The third kappa shape index (κ3) is 3.11. The van der Waals surface area contributed by atoms with Gasteiger partial charge in [0.25, 0.3) is 0 Å². The van der Waals surface area contributed by atoms with Crippen molar-refractivity contribution in [2.24, 2.45) is 0 Å². The number of halogens is 1. The second kappa shape index (κ2) is 6.45. The van der Waals surface area contributed by atoms with Gasteiger partial charge in [0, 0.05) is 29.3 Å². The van der Waals surface area contributed by atoms with Crippen molar-refractivity contribution in [1.29, 1.82) is 0 Å². The number of fused-ring (bicyclic) bond motifs is 1. The van der Waals surface area contributed by atoms with Crippen LogP contribution in [0, 0.1) is 0 Å². The maximum atomic E-state index is 12.2. The van der Waals surface area contributed by atoms with E-state index in [0.29, 0.717) is 12.5 Å². The van der Waals surface area contributed by atoms with Gasteiger partial charge in [0.2, 0.25) is 0 Å². The van der Waals surface area contributed by atoms with Crippen molar-refractivity contribution in [3.63, 3.8) is 0 Å². The number of hydrogen-bond donors (Lipinski definition) is 1. The zero-order valence-electron chi connectivity index (χ0n) is 13.5. The first-order valence-electron chi connectivity index (χ1n) is 8.50. The summed E-state index contributed by atoms with van der Waals surface area (Å²) in [7, 11) is 0. The van der Waals surface area contributed by atoms with Gasteiger partial charge in [-0.3, -0.25) is 4.79 Å². The topological polar surface area (TPSA) is 29.1 Å². The minimum atomic E-state index is 0.169. The lowest BCUT2D eigenvalue weighted by Crippen LogP contribution is -2.32. The van der Waals surface area contributed by atoms with Crippen LogP contribution in [-0.4, -0.2) is 11.8 Å². The van der Waals surface area contributed by atoms with Crippen LogP contribution in [0.1, 0.15) is 35.4 Å². The lowest BCUT2D eigenvalue weighted by molar-refractivity contribution is -0.115. The minimum Gasteiger partial charge on any atom is -0.385 e. The summed E-state index contributed by atoms with van der Waals surface area (Å²) in [6.07, 6.45) is 5.23. The molecule has 2 aromatic rings. The van der Waals surface area contributed by atoms with Gasteiger partial charge in [-0.2, -0.15) is 0 Å². The van der Waals surface area contributed by atoms with Crippen LogP contribution in [-0.2, 0) is 17.6 Å². The largest absolute Gasteiger partial charge is 0.385 e. The molecule has 0 heterocycles. The second-order valence-corrected chi connectivity index (χ2v) is 7.19. The lowest BCUT2D eigenvalue weighted by atomic mass is 9.85. The van der Waals surface area contributed by atoms with Crippen LogP contribution < -0.4 is 5.32 Å². The van der Waals surface area contributed by atoms with E-state index in [0.717, 1.165) is 35.5 Å². The number of allylic oxidation sites excluding steroid dienone is 2. The van der Waals surface area contributed by atoms with Gasteiger partial charge in [-0.25, -0.2) is 0 Å². The second-order valence-electron chi connectivity index (χ2n) is 6.78. The molecule has 2 nitrogen and oxygen atoms in total. The summed E-state index contributed by atoms with van der Waals surface area (Å²) in [6, 6.07) is 16.8. The van der Waals surface area contributed by atoms with E-state index in [2.05, 4.69) is 29.6 Å². The number of benzene rings is 2. The Bertz CT molecular complexity index is 786. The van der Waals surface area contributed by atoms with Crippen molar-refractivity contribution >= 4 is 17.4 Å². The first kappa shape index (κ1) is 15.5. The van der Waals surface area contributed by atoms with Crippen molar-refractivity contribution in [1.82, 2.24) is 5.32 Å². The zero-order chi connectivity index (χ0) is 16.5. The predicted octanol–water partition coefficient (Wildman–Crippen LogP) is 4.43. The highest BCUT2D eigenvalue weighted by atomic mass is 35.5. The number of hydrogen-bond acceptors (Lipinski definition) is 2. The fourth-order valence-corrected chi connectivity index (χ4v) is 4.23. The molecule has 2 aliphatic carbocycles. The van der Waals surface area contributed by atoms with Gasteiger partial charge in [0.1, 0.15) is 0 Å². The van der Waals surface area contributed by atoms with Gasteiger partial charge in [0.15, 0.2) is 5.78 Å². The van der Waals surface area contributed by atoms with E-state index in [1.54, 1.807) is 6.08 Å². The molecular formula is C21H20ClNO. The van der Waals surface area contributed by atoms with Crippen LogP contribution in [0.5, 0.6) is 0 Å². The normalized spacial score (nSPS) is 20.6. The standard InChI is InChI=1S/C21H20ClNO/c22-21-8-4-3-7-20(21)16-11-18(13-19(24)12-16)23-17-9-14-5-1-2-6-15(14)10-17/h1-8,13,16-17,23H,9-12H2/t16-/m1/s1. The molecule has 1 N–H and O–H groups in total. The molecule has 0 aliphatic heterocycles. The van der Waals surface area contributed by atoms with Gasteiger partial charge in [0.05, 0.1) is 0 Å². The molecule has 4 rings (SSSR count). The zero-order valence-corrected chi connectivity index (χ0v) is 14.2. The molecule has 0 saturated carbocycles. The van der Waals surface area contributed by atoms with E-state index < -0.39 is 0 Å². The molecule has 0 aromatic heterocycles. The summed E-state index contributed by atoms with van der Waals surface area (Å²) in [5.41, 5.74) is 4.96. The van der Waals surface area contributed by atoms with Gasteiger partial charge in [-0.1, -0.05) is 54.1 Å². The summed E-state index contributed by atoms with van der Waals surface area (Å²) in [4.78, 5) is 12.2. The fraction of sp³-hybridized carbons (Fsp3) is 0.286. The highest BCUT2D eigenvalue weighted by molar-refractivity contribution is 6.31. The first-order chi connectivity index (χ1) is 11.7. The monoisotopic (exact) mass is 337 g/mol. The smallest absolute Gasteiger partial charge is 0.158 e. The van der Waals surface area contributed by atoms with E-state index in [4.69, 9.17) is 11.6 Å². The summed E-state index contributed by atoms with van der Waals surface area (Å²) in [5, 5.41) is 4.37. The third-order valence-electron chi connectivity index (χ3n) is 5.03. The van der Waals surface area contributed by atoms with Crippen LogP contribution in [0.4, 0.5) is 0 Å². The molecular weight excluding hydrogens is 318 g/mol. The van der Waals surface area contributed by atoms with Crippen LogP contribution in [0.3, 0.4) is 0 Å². The molecule has 122 valence electrons. The maximum Gasteiger partial charge on any atom is 0.158 e. The summed E-state index contributed by atoms with van der Waals surface area (Å²) >= 11 is 6.33. The van der Waals surface area contributed by atoms with E-state index >= 15 is 0 Å². The molecule has 2 aliphatic rings. The summed E-state index contributed by atoms with van der Waals surface area (Å²) in [5.74, 6) is 0.353. The number of nitrogens with one attached hydrogen (secondary N) is 1. The van der Waals surface area contributed by atoms with Crippen molar-refractivity contribution in [3.8, 4) is 0 Å². The van der Waals surface area contributed by atoms with Gasteiger partial charge in [-0.15, -0.1) is 0 Å². The molecule has 0 radical (unpaired) electrons. The SMILES string of the molecule is O=C1C=C(NC2Cc3ccccc3C2)C[C@@H](c2ccccc2Cl)C1. The Morgan fingerprint density at radius 1 is 0.875 bits per heavy atom. The highest BCUT2D eigenvalue weighted by Gasteiger charge is 2.27. The van der Waals surface area contributed by atoms with Crippen LogP contribution in [0.15, 0.2) is 60.3 Å². The van der Waals surface area contributed by atoms with Crippen LogP contribution in [0.2, 0.25) is 5.02 Å². The van der Waals surface area contributed by atoms with E-state index in [-0.39, 0.29) is 11.7 Å². The average Bonchev–Trinajstić information content (AvgIpc) is 2.96. The lowest BCUT2D eigenvalue weighted by Gasteiger charge is -2.26. The number of ketones is 1. The predicted molar refractivity (Wildman–Crippen MR) is 97.3 cm³/mol. The quantitative estimate of drug-likeness (QED) is 0.897. The molecule has 2 aromatic carbocycles. The van der Waals surface area contributed by atoms with Crippen LogP contribution >= 0.6 is 11.6 Å². The Hall–Kier alpha value is -2.06. The Kier molecular flexibility index (Phi) is 4.15. The number of rotatable bonds is 3. The van der Waals surface area contributed by atoms with E-state index in [9.17, 15) is 4.79 Å². The Balaban J connectivity index is 1.48. The molecule has 3 heteroatoms. The fourth-order valence-electron chi connectivity index (χ4n) is 3.94. The van der Waals surface area contributed by atoms with E-state index in [1.165, 1.54) is 11.1 Å². The Morgan fingerprint density at radius 2 is 1.54 bits per heavy atom. The molecule has 0 amide bonds. The molecule has 24 heavy (non-hydrogen) atoms. The number of carbonyl (C=O) groups is 1. The highest BCUT2D eigenvalue weighted by Crippen LogP contribution is 2.35. The molecule has 0 saturated heterocycles. The van der Waals surface area contributed by atoms with Crippen molar-refractivity contribution in [2.75, 3.05) is 0 Å². The molecule has 0 bridgehead atoms. The average molecular weight is 338 g/mol. The first-order valence-corrected chi connectivity index (χ1v) is 8.88. The maximum absolute atomic E-state index is 12.2. The number of carbonyl (C=O) groups excluding carboxylic acids is 1. The Morgan fingerprint density at radius 3 is 2.25 bits per heavy atom. The minimum absolute atomic E-state index is 0.169. The van der Waals surface area contributed by atoms with Crippen LogP contribution in [0.25, 0.3) is 0 Å². The van der Waals surface area contributed by atoms with Gasteiger partial charge < -0.3 is 5.32 Å².